The maximum atomic E-state index is 3.91. The van der Waals surface area contributed by atoms with E-state index in [1.165, 1.54) is 11.1 Å². The predicted octanol–water partition coefficient (Wildman–Crippen LogP) is 2.14. The van der Waals surface area contributed by atoms with E-state index in [9.17, 15) is 0 Å². The first kappa shape index (κ1) is 12.3. The third-order valence-electron chi connectivity index (χ3n) is 2.54. The molecule has 0 aliphatic carbocycles. The van der Waals surface area contributed by atoms with Gasteiger partial charge in [-0.25, -0.2) is 0 Å². The molecule has 0 amide bonds. The van der Waals surface area contributed by atoms with E-state index in [1.807, 2.05) is 10.9 Å². The predicted molar refractivity (Wildman–Crippen MR) is 70.6 cm³/mol. The molecule has 2 rings (SSSR count). The zero-order chi connectivity index (χ0) is 12.1. The van der Waals surface area contributed by atoms with E-state index in [0.717, 1.165) is 24.1 Å². The number of nitrogens with one attached hydrogen (secondary N) is 1. The van der Waals surface area contributed by atoms with E-state index in [2.05, 4.69) is 56.7 Å². The van der Waals surface area contributed by atoms with Crippen LogP contribution in [0.1, 0.15) is 11.1 Å². The van der Waals surface area contributed by atoms with Crippen LogP contribution in [0.5, 0.6) is 0 Å². The van der Waals surface area contributed by atoms with Gasteiger partial charge >= 0.3 is 0 Å². The number of aromatic nitrogens is 3. The van der Waals surface area contributed by atoms with E-state index in [0.29, 0.717) is 0 Å². The van der Waals surface area contributed by atoms with Crippen LogP contribution in [0.4, 0.5) is 0 Å². The molecule has 2 aromatic rings. The molecule has 1 N–H and O–H groups in total. The minimum absolute atomic E-state index is 0.843. The fraction of sp³-hybridized carbons (Fsp3) is 0.333. The van der Waals surface area contributed by atoms with Crippen LogP contribution in [-0.2, 0) is 13.1 Å². The van der Waals surface area contributed by atoms with Gasteiger partial charge in [0.2, 0.25) is 0 Å². The molecule has 0 atom stereocenters. The summed E-state index contributed by atoms with van der Waals surface area (Å²) in [6.45, 7) is 4.71. The van der Waals surface area contributed by atoms with Crippen LogP contribution in [0, 0.1) is 6.92 Å². The number of rotatable bonds is 5. The summed E-state index contributed by atoms with van der Waals surface area (Å²) in [5.41, 5.74) is 2.56. The molecule has 0 spiro atoms. The van der Waals surface area contributed by atoms with Crippen LogP contribution < -0.4 is 5.32 Å². The second-order valence-corrected chi connectivity index (χ2v) is 4.78. The van der Waals surface area contributed by atoms with Crippen molar-refractivity contribution in [1.82, 2.24) is 20.3 Å². The summed E-state index contributed by atoms with van der Waals surface area (Å²) in [4.78, 5) is 0. The van der Waals surface area contributed by atoms with Crippen LogP contribution in [0.3, 0.4) is 0 Å². The Morgan fingerprint density at radius 1 is 1.41 bits per heavy atom. The van der Waals surface area contributed by atoms with Crippen LogP contribution >= 0.6 is 15.9 Å². The highest BCUT2D eigenvalue weighted by atomic mass is 79.9. The second-order valence-electron chi connectivity index (χ2n) is 3.93. The topological polar surface area (TPSA) is 42.7 Å². The average molecular weight is 295 g/mol. The minimum atomic E-state index is 0.843. The van der Waals surface area contributed by atoms with Gasteiger partial charge in [-0.2, -0.15) is 0 Å². The molecule has 4 nitrogen and oxygen atoms in total. The summed E-state index contributed by atoms with van der Waals surface area (Å²) >= 11 is 3.50. The normalized spacial score (nSPS) is 10.7. The standard InChI is InChI=1S/C12H15BrN4/c1-10-8-11(2-3-12(10)13)9-14-4-6-17-7-5-15-16-17/h2-3,5,7-8,14H,4,6,9H2,1H3. The third kappa shape index (κ3) is 3.64. The lowest BCUT2D eigenvalue weighted by Crippen LogP contribution is -2.19. The maximum Gasteiger partial charge on any atom is 0.0692 e. The molecular formula is C12H15BrN4. The lowest BCUT2D eigenvalue weighted by molar-refractivity contribution is 0.540. The van der Waals surface area contributed by atoms with E-state index < -0.39 is 0 Å². The van der Waals surface area contributed by atoms with Gasteiger partial charge in [-0.05, 0) is 24.1 Å². The van der Waals surface area contributed by atoms with E-state index in [4.69, 9.17) is 0 Å². The summed E-state index contributed by atoms with van der Waals surface area (Å²) in [5.74, 6) is 0. The van der Waals surface area contributed by atoms with Gasteiger partial charge in [-0.1, -0.05) is 33.3 Å². The van der Waals surface area contributed by atoms with E-state index in [-0.39, 0.29) is 0 Å². The van der Waals surface area contributed by atoms with Gasteiger partial charge in [0.15, 0.2) is 0 Å². The molecule has 0 radical (unpaired) electrons. The highest BCUT2D eigenvalue weighted by molar-refractivity contribution is 9.10. The van der Waals surface area contributed by atoms with Crippen molar-refractivity contribution in [2.45, 2.75) is 20.0 Å². The summed E-state index contributed by atoms with van der Waals surface area (Å²) < 4.78 is 2.98. The Labute approximate surface area is 109 Å². The number of benzene rings is 1. The molecule has 0 saturated carbocycles. The lowest BCUT2D eigenvalue weighted by atomic mass is 10.1. The number of nitrogens with zero attached hydrogens (tertiary/aromatic N) is 3. The minimum Gasteiger partial charge on any atom is -0.311 e. The van der Waals surface area contributed by atoms with Crippen LogP contribution in [-0.4, -0.2) is 21.5 Å². The molecule has 90 valence electrons. The molecule has 1 heterocycles. The number of hydrogen-bond acceptors (Lipinski definition) is 3. The zero-order valence-electron chi connectivity index (χ0n) is 9.73. The number of aryl methyl sites for hydroxylation is 1. The van der Waals surface area contributed by atoms with Crippen molar-refractivity contribution in [3.8, 4) is 0 Å². The zero-order valence-corrected chi connectivity index (χ0v) is 11.3. The van der Waals surface area contributed by atoms with Crippen LogP contribution in [0.25, 0.3) is 0 Å². The Balaban J connectivity index is 1.76. The third-order valence-corrected chi connectivity index (χ3v) is 3.43. The van der Waals surface area contributed by atoms with Crippen molar-refractivity contribution < 1.29 is 0 Å². The quantitative estimate of drug-likeness (QED) is 0.859. The summed E-state index contributed by atoms with van der Waals surface area (Å²) in [6, 6.07) is 6.40. The van der Waals surface area contributed by atoms with Crippen LogP contribution in [0.2, 0.25) is 0 Å². The van der Waals surface area contributed by atoms with Crippen molar-refractivity contribution in [3.63, 3.8) is 0 Å². The first-order valence-corrected chi connectivity index (χ1v) is 6.35. The summed E-state index contributed by atoms with van der Waals surface area (Å²) in [7, 11) is 0. The Morgan fingerprint density at radius 3 is 3.00 bits per heavy atom. The SMILES string of the molecule is Cc1cc(CNCCn2ccnn2)ccc1Br. The molecule has 0 unspecified atom stereocenters. The largest absolute Gasteiger partial charge is 0.311 e. The number of halogens is 1. The van der Waals surface area contributed by atoms with Crippen molar-refractivity contribution >= 4 is 15.9 Å². The molecule has 1 aromatic heterocycles. The van der Waals surface area contributed by atoms with Gasteiger partial charge in [-0.15, -0.1) is 5.10 Å². The fourth-order valence-electron chi connectivity index (χ4n) is 1.60. The van der Waals surface area contributed by atoms with Crippen molar-refractivity contribution in [1.29, 1.82) is 0 Å². The first-order valence-electron chi connectivity index (χ1n) is 5.55. The molecule has 0 saturated heterocycles. The van der Waals surface area contributed by atoms with E-state index in [1.54, 1.807) is 6.20 Å². The highest BCUT2D eigenvalue weighted by Crippen LogP contribution is 2.16. The van der Waals surface area contributed by atoms with Crippen molar-refractivity contribution in [2.75, 3.05) is 6.54 Å². The van der Waals surface area contributed by atoms with Crippen LogP contribution in [0.15, 0.2) is 35.1 Å². The Morgan fingerprint density at radius 2 is 2.29 bits per heavy atom. The van der Waals surface area contributed by atoms with Crippen molar-refractivity contribution in [2.24, 2.45) is 0 Å². The number of hydrogen-bond donors (Lipinski definition) is 1. The second kappa shape index (κ2) is 5.93. The molecule has 0 aliphatic heterocycles. The molecule has 17 heavy (non-hydrogen) atoms. The van der Waals surface area contributed by atoms with Gasteiger partial charge in [0.25, 0.3) is 0 Å². The summed E-state index contributed by atoms with van der Waals surface area (Å²) in [5, 5.41) is 11.1. The smallest absolute Gasteiger partial charge is 0.0692 e. The maximum absolute atomic E-state index is 3.91. The van der Waals surface area contributed by atoms with E-state index >= 15 is 0 Å². The molecule has 0 bridgehead atoms. The van der Waals surface area contributed by atoms with Crippen molar-refractivity contribution in [3.05, 3.63) is 46.2 Å². The first-order chi connectivity index (χ1) is 8.25. The molecule has 5 heteroatoms. The van der Waals surface area contributed by atoms with Gasteiger partial charge < -0.3 is 5.32 Å². The highest BCUT2D eigenvalue weighted by Gasteiger charge is 1.97. The monoisotopic (exact) mass is 294 g/mol. The van der Waals surface area contributed by atoms with Gasteiger partial charge in [0, 0.05) is 23.8 Å². The fourth-order valence-corrected chi connectivity index (χ4v) is 1.84. The van der Waals surface area contributed by atoms with Gasteiger partial charge in [0.1, 0.15) is 0 Å². The molecule has 1 aromatic carbocycles. The average Bonchev–Trinajstić information content (AvgIpc) is 2.82. The lowest BCUT2D eigenvalue weighted by Gasteiger charge is -2.06. The Bertz CT molecular complexity index is 467. The molecule has 0 fully saturated rings. The van der Waals surface area contributed by atoms with Gasteiger partial charge in [-0.3, -0.25) is 4.68 Å². The molecular weight excluding hydrogens is 280 g/mol. The Hall–Kier alpha value is -1.20. The summed E-state index contributed by atoms with van der Waals surface area (Å²) in [6.07, 6.45) is 3.56. The Kier molecular flexibility index (Phi) is 4.28. The molecule has 0 aliphatic rings. The van der Waals surface area contributed by atoms with Gasteiger partial charge in [0.05, 0.1) is 12.7 Å².